The summed E-state index contributed by atoms with van der Waals surface area (Å²) in [4.78, 5) is 0. The Bertz CT molecular complexity index is 399. The first-order valence-electron chi connectivity index (χ1n) is 6.32. The van der Waals surface area contributed by atoms with Gasteiger partial charge in [-0.3, -0.25) is 11.3 Å². The molecule has 0 heterocycles. The second-order valence-electron chi connectivity index (χ2n) is 4.33. The molecule has 0 bridgehead atoms. The molecular formula is C13H19F3N2O3. The summed E-state index contributed by atoms with van der Waals surface area (Å²) in [5.74, 6) is 5.16. The topological polar surface area (TPSA) is 65.7 Å². The van der Waals surface area contributed by atoms with Gasteiger partial charge in [0.25, 0.3) is 0 Å². The number of benzene rings is 1. The minimum Gasteiger partial charge on any atom is -0.406 e. The Kier molecular flexibility index (Phi) is 7.44. The number of alkyl halides is 3. The minimum atomic E-state index is -4.68. The first-order chi connectivity index (χ1) is 9.94. The predicted molar refractivity (Wildman–Crippen MR) is 70.6 cm³/mol. The Labute approximate surface area is 121 Å². The zero-order chi connectivity index (χ0) is 15.7. The van der Waals surface area contributed by atoms with Gasteiger partial charge in [0.2, 0.25) is 0 Å². The summed E-state index contributed by atoms with van der Waals surface area (Å²) in [5.41, 5.74) is 3.43. The Hall–Kier alpha value is -1.35. The van der Waals surface area contributed by atoms with Gasteiger partial charge >= 0.3 is 6.36 Å². The van der Waals surface area contributed by atoms with Gasteiger partial charge in [0.05, 0.1) is 19.8 Å². The lowest BCUT2D eigenvalue weighted by molar-refractivity contribution is -0.274. The van der Waals surface area contributed by atoms with Gasteiger partial charge in [-0.25, -0.2) is 0 Å². The van der Waals surface area contributed by atoms with Crippen molar-refractivity contribution < 1.29 is 27.4 Å². The molecule has 0 fully saturated rings. The minimum absolute atomic E-state index is 0.142. The average Bonchev–Trinajstić information content (AvgIpc) is 2.42. The summed E-state index contributed by atoms with van der Waals surface area (Å²) in [6, 6.07) is 5.50. The largest absolute Gasteiger partial charge is 0.573 e. The van der Waals surface area contributed by atoms with E-state index < -0.39 is 6.36 Å². The van der Waals surface area contributed by atoms with Crippen LogP contribution in [-0.2, 0) is 15.9 Å². The zero-order valence-electron chi connectivity index (χ0n) is 11.7. The maximum absolute atomic E-state index is 12.0. The van der Waals surface area contributed by atoms with Crippen molar-refractivity contribution in [3.8, 4) is 5.75 Å². The molecule has 0 aliphatic heterocycles. The highest BCUT2D eigenvalue weighted by Gasteiger charge is 2.30. The second kappa shape index (κ2) is 8.83. The van der Waals surface area contributed by atoms with Crippen LogP contribution in [0.1, 0.15) is 5.56 Å². The molecule has 0 spiro atoms. The van der Waals surface area contributed by atoms with E-state index in [2.05, 4.69) is 10.2 Å². The van der Waals surface area contributed by atoms with Gasteiger partial charge in [0.1, 0.15) is 5.75 Å². The van der Waals surface area contributed by atoms with Gasteiger partial charge in [-0.05, 0) is 24.1 Å². The molecule has 0 aromatic heterocycles. The predicted octanol–water partition coefficient (Wildman–Crippen LogP) is 1.62. The molecule has 0 radical (unpaired) electrons. The Balaban J connectivity index is 2.45. The molecule has 1 aromatic carbocycles. The molecule has 1 aromatic rings. The lowest BCUT2D eigenvalue weighted by atomic mass is 10.1. The van der Waals surface area contributed by atoms with Crippen LogP contribution in [0.25, 0.3) is 0 Å². The van der Waals surface area contributed by atoms with E-state index in [-0.39, 0.29) is 11.8 Å². The fourth-order valence-electron chi connectivity index (χ4n) is 1.65. The summed E-state index contributed by atoms with van der Waals surface area (Å²) in [7, 11) is 1.58. The van der Waals surface area contributed by atoms with E-state index in [1.54, 1.807) is 19.2 Å². The maximum atomic E-state index is 12.0. The van der Waals surface area contributed by atoms with Crippen molar-refractivity contribution in [2.24, 2.45) is 5.84 Å². The highest BCUT2D eigenvalue weighted by atomic mass is 19.4. The number of hydrogen-bond donors (Lipinski definition) is 2. The molecule has 8 heteroatoms. The molecule has 1 unspecified atom stereocenters. The first kappa shape index (κ1) is 17.7. The molecule has 0 aliphatic carbocycles. The number of hydrazine groups is 1. The summed E-state index contributed by atoms with van der Waals surface area (Å²) in [6.45, 7) is 1.31. The highest BCUT2D eigenvalue weighted by Crippen LogP contribution is 2.22. The van der Waals surface area contributed by atoms with E-state index in [1.165, 1.54) is 12.1 Å². The first-order valence-corrected chi connectivity index (χ1v) is 6.32. The molecule has 0 aliphatic rings. The molecule has 1 atom stereocenters. The number of methoxy groups -OCH3 is 1. The third-order valence-electron chi connectivity index (χ3n) is 2.63. The molecule has 0 amide bonds. The van der Waals surface area contributed by atoms with Crippen LogP contribution in [-0.4, -0.2) is 39.3 Å². The number of rotatable bonds is 9. The van der Waals surface area contributed by atoms with E-state index >= 15 is 0 Å². The SMILES string of the molecule is COCCOCC(Cc1ccc(OC(F)(F)F)cc1)NN. The number of hydrogen-bond acceptors (Lipinski definition) is 5. The molecule has 21 heavy (non-hydrogen) atoms. The highest BCUT2D eigenvalue weighted by molar-refractivity contribution is 5.27. The van der Waals surface area contributed by atoms with E-state index in [0.29, 0.717) is 26.2 Å². The molecular weight excluding hydrogens is 289 g/mol. The van der Waals surface area contributed by atoms with Crippen LogP contribution in [0, 0.1) is 0 Å². The smallest absolute Gasteiger partial charge is 0.406 e. The lowest BCUT2D eigenvalue weighted by Crippen LogP contribution is -2.40. The van der Waals surface area contributed by atoms with Crippen LogP contribution < -0.4 is 16.0 Å². The van der Waals surface area contributed by atoms with E-state index in [9.17, 15) is 13.2 Å². The Morgan fingerprint density at radius 3 is 2.38 bits per heavy atom. The summed E-state index contributed by atoms with van der Waals surface area (Å²) >= 11 is 0. The zero-order valence-corrected chi connectivity index (χ0v) is 11.7. The summed E-state index contributed by atoms with van der Waals surface area (Å²) in [5, 5.41) is 0. The van der Waals surface area contributed by atoms with E-state index in [1.807, 2.05) is 0 Å². The Morgan fingerprint density at radius 2 is 1.86 bits per heavy atom. The number of ether oxygens (including phenoxy) is 3. The Morgan fingerprint density at radius 1 is 1.19 bits per heavy atom. The maximum Gasteiger partial charge on any atom is 0.573 e. The van der Waals surface area contributed by atoms with Crippen LogP contribution in [0.15, 0.2) is 24.3 Å². The molecule has 3 N–H and O–H groups in total. The van der Waals surface area contributed by atoms with Gasteiger partial charge < -0.3 is 14.2 Å². The van der Waals surface area contributed by atoms with Crippen LogP contribution in [0.5, 0.6) is 5.75 Å². The van der Waals surface area contributed by atoms with Gasteiger partial charge in [0, 0.05) is 13.2 Å². The van der Waals surface area contributed by atoms with Gasteiger partial charge in [-0.1, -0.05) is 12.1 Å². The van der Waals surface area contributed by atoms with Crippen molar-refractivity contribution in [2.75, 3.05) is 26.9 Å². The van der Waals surface area contributed by atoms with E-state index in [0.717, 1.165) is 5.56 Å². The summed E-state index contributed by atoms with van der Waals surface area (Å²) < 4.78 is 50.1. The molecule has 5 nitrogen and oxygen atoms in total. The molecule has 120 valence electrons. The van der Waals surface area contributed by atoms with Gasteiger partial charge in [-0.15, -0.1) is 13.2 Å². The fraction of sp³-hybridized carbons (Fsp3) is 0.538. The van der Waals surface area contributed by atoms with Crippen molar-refractivity contribution >= 4 is 0 Å². The third-order valence-corrected chi connectivity index (χ3v) is 2.63. The number of nitrogens with two attached hydrogens (primary N) is 1. The summed E-state index contributed by atoms with van der Waals surface area (Å²) in [6.07, 6.45) is -4.16. The number of nitrogens with one attached hydrogen (secondary N) is 1. The van der Waals surface area contributed by atoms with Crippen LogP contribution in [0.2, 0.25) is 0 Å². The molecule has 1 rings (SSSR count). The van der Waals surface area contributed by atoms with Crippen LogP contribution in [0.4, 0.5) is 13.2 Å². The standard InChI is InChI=1S/C13H19F3N2O3/c1-19-6-7-20-9-11(18-17)8-10-2-4-12(5-3-10)21-13(14,15)16/h2-5,11,18H,6-9,17H2,1H3. The van der Waals surface area contributed by atoms with Gasteiger partial charge in [-0.2, -0.15) is 0 Å². The average molecular weight is 308 g/mol. The molecule has 0 saturated heterocycles. The van der Waals surface area contributed by atoms with E-state index in [4.69, 9.17) is 15.3 Å². The second-order valence-corrected chi connectivity index (χ2v) is 4.33. The lowest BCUT2D eigenvalue weighted by Gasteiger charge is -2.16. The van der Waals surface area contributed by atoms with Crippen molar-refractivity contribution in [1.82, 2.24) is 5.43 Å². The monoisotopic (exact) mass is 308 g/mol. The van der Waals surface area contributed by atoms with Crippen molar-refractivity contribution in [2.45, 2.75) is 18.8 Å². The normalized spacial score (nSPS) is 13.2. The fourth-order valence-corrected chi connectivity index (χ4v) is 1.65. The third kappa shape index (κ3) is 7.86. The molecule has 0 saturated carbocycles. The van der Waals surface area contributed by atoms with Crippen molar-refractivity contribution in [1.29, 1.82) is 0 Å². The van der Waals surface area contributed by atoms with Crippen molar-refractivity contribution in [3.63, 3.8) is 0 Å². The van der Waals surface area contributed by atoms with Crippen molar-refractivity contribution in [3.05, 3.63) is 29.8 Å². The quantitative estimate of drug-likeness (QED) is 0.412. The number of halogens is 3. The van der Waals surface area contributed by atoms with Crippen LogP contribution in [0.3, 0.4) is 0 Å². The van der Waals surface area contributed by atoms with Gasteiger partial charge in [0.15, 0.2) is 0 Å². The van der Waals surface area contributed by atoms with Crippen LogP contribution >= 0.6 is 0 Å².